The lowest BCUT2D eigenvalue weighted by atomic mass is 10.2. The number of hydrogen-bond donors (Lipinski definition) is 0. The molecule has 0 aliphatic rings. The number of nitro groups is 1. The monoisotopic (exact) mass is 352 g/mol. The number of nitrogens with zero attached hydrogens (tertiary/aromatic N) is 2. The Kier molecular flexibility index (Phi) is 8.75. The molecule has 0 heterocycles. The fourth-order valence-electron chi connectivity index (χ4n) is 1.89. The molecule has 0 radical (unpaired) electrons. The molecule has 2 aromatic carbocycles. The first-order chi connectivity index (χ1) is 12.5. The van der Waals surface area contributed by atoms with Crippen molar-refractivity contribution in [3.05, 3.63) is 81.9 Å². The van der Waals surface area contributed by atoms with Crippen molar-refractivity contribution in [3.63, 3.8) is 0 Å². The van der Waals surface area contributed by atoms with E-state index in [0.29, 0.717) is 6.29 Å². The van der Waals surface area contributed by atoms with Gasteiger partial charge in [-0.3, -0.25) is 19.7 Å². The number of non-ortho nitro benzene ring substituents is 1. The minimum Gasteiger partial charge on any atom is -0.378 e. The average molecular weight is 352 g/mol. The van der Waals surface area contributed by atoms with Gasteiger partial charge < -0.3 is 4.90 Å². The van der Waals surface area contributed by atoms with Crippen LogP contribution in [0, 0.1) is 10.1 Å². The summed E-state index contributed by atoms with van der Waals surface area (Å²) < 4.78 is 0. The molecule has 0 unspecified atom stereocenters. The molecular formula is C20H20N2O4. The molecule has 0 aliphatic heterocycles. The molecule has 6 nitrogen and oxygen atoms in total. The van der Waals surface area contributed by atoms with Gasteiger partial charge in [-0.2, -0.15) is 0 Å². The van der Waals surface area contributed by atoms with Crippen molar-refractivity contribution in [2.75, 3.05) is 19.0 Å². The molecule has 0 spiro atoms. The molecule has 0 N–H and O–H groups in total. The lowest BCUT2D eigenvalue weighted by molar-refractivity contribution is -0.384. The van der Waals surface area contributed by atoms with E-state index in [9.17, 15) is 19.7 Å². The molecule has 6 heteroatoms. The highest BCUT2D eigenvalue weighted by Gasteiger charge is 2.01. The van der Waals surface area contributed by atoms with E-state index in [2.05, 4.69) is 0 Å². The van der Waals surface area contributed by atoms with Gasteiger partial charge in [0.2, 0.25) is 0 Å². The van der Waals surface area contributed by atoms with Crippen LogP contribution in [0.1, 0.15) is 11.1 Å². The van der Waals surface area contributed by atoms with Crippen LogP contribution in [0.2, 0.25) is 0 Å². The van der Waals surface area contributed by atoms with Crippen LogP contribution >= 0.6 is 0 Å². The number of hydrogen-bond acceptors (Lipinski definition) is 5. The minimum atomic E-state index is -0.465. The summed E-state index contributed by atoms with van der Waals surface area (Å²) in [6.45, 7) is 0. The lowest BCUT2D eigenvalue weighted by Gasteiger charge is -2.11. The van der Waals surface area contributed by atoms with Crippen molar-refractivity contribution in [2.45, 2.75) is 0 Å². The highest BCUT2D eigenvalue weighted by molar-refractivity contribution is 5.74. The molecule has 0 saturated heterocycles. The van der Waals surface area contributed by atoms with Crippen LogP contribution in [-0.2, 0) is 9.59 Å². The summed E-state index contributed by atoms with van der Waals surface area (Å²) in [7, 11) is 3.99. The van der Waals surface area contributed by atoms with Gasteiger partial charge in [0.25, 0.3) is 5.69 Å². The normalized spacial score (nSPS) is 10.2. The summed E-state index contributed by atoms with van der Waals surface area (Å²) in [4.78, 5) is 31.8. The van der Waals surface area contributed by atoms with Crippen LogP contribution < -0.4 is 4.90 Å². The summed E-state index contributed by atoms with van der Waals surface area (Å²) >= 11 is 0. The second-order valence-corrected chi connectivity index (χ2v) is 5.33. The molecule has 0 fully saturated rings. The van der Waals surface area contributed by atoms with Gasteiger partial charge in [-0.05, 0) is 47.5 Å². The first-order valence-electron chi connectivity index (χ1n) is 7.73. The maximum absolute atomic E-state index is 10.3. The molecule has 2 aromatic rings. The number of aldehydes is 2. The van der Waals surface area contributed by atoms with Gasteiger partial charge in [0.1, 0.15) is 12.6 Å². The Balaban J connectivity index is 0.000000260. The molecule has 2 rings (SSSR count). The Morgan fingerprint density at radius 1 is 0.808 bits per heavy atom. The van der Waals surface area contributed by atoms with E-state index in [0.717, 1.165) is 23.1 Å². The number of rotatable bonds is 6. The molecule has 0 atom stereocenters. The Morgan fingerprint density at radius 2 is 1.23 bits per heavy atom. The van der Waals surface area contributed by atoms with E-state index < -0.39 is 4.92 Å². The van der Waals surface area contributed by atoms with Gasteiger partial charge in [0.15, 0.2) is 0 Å². The third-order valence-corrected chi connectivity index (χ3v) is 3.25. The Morgan fingerprint density at radius 3 is 1.58 bits per heavy atom. The standard InChI is InChI=1S/C11H13NO.C9H7NO3/c1-12(2)11-7-5-10(6-8-11)4-3-9-13;11-7-1-2-8-3-5-9(6-4-8)10(12)13/h3-9H,1-2H3;1-7H/b4-3+;2-1+. The van der Waals surface area contributed by atoms with Crippen LogP contribution in [0.5, 0.6) is 0 Å². The van der Waals surface area contributed by atoms with Crippen LogP contribution in [0.25, 0.3) is 12.2 Å². The maximum Gasteiger partial charge on any atom is 0.269 e. The summed E-state index contributed by atoms with van der Waals surface area (Å²) in [6.07, 6.45) is 7.62. The highest BCUT2D eigenvalue weighted by Crippen LogP contribution is 2.13. The zero-order valence-electron chi connectivity index (χ0n) is 14.6. The van der Waals surface area contributed by atoms with Crippen molar-refractivity contribution < 1.29 is 14.5 Å². The number of anilines is 1. The second-order valence-electron chi connectivity index (χ2n) is 5.33. The van der Waals surface area contributed by atoms with Gasteiger partial charge >= 0.3 is 0 Å². The second kappa shape index (κ2) is 11.1. The molecule has 26 heavy (non-hydrogen) atoms. The maximum atomic E-state index is 10.3. The van der Waals surface area contributed by atoms with Crippen LogP contribution in [-0.4, -0.2) is 31.6 Å². The smallest absolute Gasteiger partial charge is 0.269 e. The van der Waals surface area contributed by atoms with Crippen molar-refractivity contribution in [1.82, 2.24) is 0 Å². The SMILES string of the molecule is CN(C)c1ccc(/C=C/C=O)cc1.O=C/C=C/c1ccc([N+](=O)[O-])cc1. The number of carbonyl (C=O) groups is 2. The van der Waals surface area contributed by atoms with Gasteiger partial charge in [0.05, 0.1) is 4.92 Å². The molecule has 0 saturated carbocycles. The number of nitro benzene ring substituents is 1. The Bertz CT molecular complexity index is 776. The molecule has 0 bridgehead atoms. The predicted octanol–water partition coefficient (Wildman–Crippen LogP) is 3.77. The summed E-state index contributed by atoms with van der Waals surface area (Å²) in [6, 6.07) is 13.9. The van der Waals surface area contributed by atoms with Crippen molar-refractivity contribution >= 4 is 36.1 Å². The zero-order valence-corrected chi connectivity index (χ0v) is 14.6. The van der Waals surface area contributed by atoms with E-state index >= 15 is 0 Å². The van der Waals surface area contributed by atoms with Gasteiger partial charge in [-0.15, -0.1) is 0 Å². The zero-order chi connectivity index (χ0) is 19.4. The quantitative estimate of drug-likeness (QED) is 0.342. The van der Waals surface area contributed by atoms with Crippen LogP contribution in [0.4, 0.5) is 11.4 Å². The van der Waals surface area contributed by atoms with Gasteiger partial charge in [0, 0.05) is 31.9 Å². The van der Waals surface area contributed by atoms with Crippen LogP contribution in [0.15, 0.2) is 60.7 Å². The molecule has 0 aromatic heterocycles. The molecule has 0 amide bonds. The van der Waals surface area contributed by atoms with E-state index in [4.69, 9.17) is 0 Å². The Hall–Kier alpha value is -3.54. The molecule has 0 aliphatic carbocycles. The van der Waals surface area contributed by atoms with Crippen molar-refractivity contribution in [2.24, 2.45) is 0 Å². The Labute approximate surface area is 152 Å². The third kappa shape index (κ3) is 7.35. The van der Waals surface area contributed by atoms with Crippen molar-refractivity contribution in [1.29, 1.82) is 0 Å². The van der Waals surface area contributed by atoms with E-state index in [-0.39, 0.29) is 5.69 Å². The summed E-state index contributed by atoms with van der Waals surface area (Å²) in [5.74, 6) is 0. The summed E-state index contributed by atoms with van der Waals surface area (Å²) in [5, 5.41) is 10.3. The van der Waals surface area contributed by atoms with E-state index in [1.54, 1.807) is 24.3 Å². The van der Waals surface area contributed by atoms with Crippen LogP contribution in [0.3, 0.4) is 0 Å². The largest absolute Gasteiger partial charge is 0.378 e. The highest BCUT2D eigenvalue weighted by atomic mass is 16.6. The molecule has 134 valence electrons. The molecular weight excluding hydrogens is 332 g/mol. The first-order valence-corrected chi connectivity index (χ1v) is 7.73. The fourth-order valence-corrected chi connectivity index (χ4v) is 1.89. The average Bonchev–Trinajstić information content (AvgIpc) is 2.66. The predicted molar refractivity (Wildman–Crippen MR) is 104 cm³/mol. The topological polar surface area (TPSA) is 80.5 Å². The fraction of sp³-hybridized carbons (Fsp3) is 0.100. The lowest BCUT2D eigenvalue weighted by Crippen LogP contribution is -2.07. The first kappa shape index (κ1) is 20.5. The van der Waals surface area contributed by atoms with E-state index in [1.165, 1.54) is 24.3 Å². The van der Waals surface area contributed by atoms with Gasteiger partial charge in [-0.25, -0.2) is 0 Å². The van der Waals surface area contributed by atoms with Crippen molar-refractivity contribution in [3.8, 4) is 0 Å². The minimum absolute atomic E-state index is 0.0447. The van der Waals surface area contributed by atoms with Gasteiger partial charge in [-0.1, -0.05) is 24.3 Å². The number of benzene rings is 2. The number of allylic oxidation sites excluding steroid dienone is 2. The number of carbonyl (C=O) groups excluding carboxylic acids is 2. The third-order valence-electron chi connectivity index (χ3n) is 3.25. The van der Waals surface area contributed by atoms with E-state index in [1.807, 2.05) is 43.3 Å². The summed E-state index contributed by atoms with van der Waals surface area (Å²) in [5.41, 5.74) is 3.00.